The average Bonchev–Trinajstić information content (AvgIpc) is 3.28. The van der Waals surface area contributed by atoms with Gasteiger partial charge in [0, 0.05) is 60.0 Å². The summed E-state index contributed by atoms with van der Waals surface area (Å²) in [6.07, 6.45) is 5.12. The molecule has 1 amide bonds. The second-order valence-corrected chi connectivity index (χ2v) is 9.90. The van der Waals surface area contributed by atoms with Gasteiger partial charge in [-0.25, -0.2) is 14.4 Å². The van der Waals surface area contributed by atoms with Gasteiger partial charge in [0.25, 0.3) is 5.91 Å². The molecule has 1 aromatic carbocycles. The number of aromatic nitrogens is 3. The number of rotatable bonds is 8. The molecule has 0 saturated heterocycles. The summed E-state index contributed by atoms with van der Waals surface area (Å²) >= 11 is 0. The van der Waals surface area contributed by atoms with Crippen molar-refractivity contribution in [1.82, 2.24) is 25.6 Å². The van der Waals surface area contributed by atoms with E-state index in [9.17, 15) is 13.6 Å². The number of carbonyl (C=O) groups excluding carboxylic acids is 1. The molecule has 3 aliphatic rings. The predicted molar refractivity (Wildman–Crippen MR) is 127 cm³/mol. The molecular formula is C26H25F2N5O2. The topological polar surface area (TPSA) is 91.9 Å². The van der Waals surface area contributed by atoms with Crippen LogP contribution in [0.3, 0.4) is 0 Å². The fourth-order valence-electron chi connectivity index (χ4n) is 5.57. The summed E-state index contributed by atoms with van der Waals surface area (Å²) in [5.74, 6) is -0.285. The van der Waals surface area contributed by atoms with Crippen molar-refractivity contribution in [3.05, 3.63) is 65.4 Å². The Balaban J connectivity index is 1.17. The Morgan fingerprint density at radius 1 is 1.14 bits per heavy atom. The maximum Gasteiger partial charge on any atom is 0.253 e. The fourth-order valence-corrected chi connectivity index (χ4v) is 5.57. The van der Waals surface area contributed by atoms with Crippen LogP contribution in [0, 0.1) is 11.4 Å². The van der Waals surface area contributed by atoms with Crippen molar-refractivity contribution >= 4 is 27.8 Å². The molecule has 3 saturated carbocycles. The highest BCUT2D eigenvalue weighted by atomic mass is 19.1. The average molecular weight is 478 g/mol. The number of hydrogen-bond donors (Lipinski definition) is 3. The molecule has 4 aromatic rings. The van der Waals surface area contributed by atoms with Crippen LogP contribution in [0.2, 0.25) is 0 Å². The maximum absolute atomic E-state index is 14.7. The molecule has 0 unspecified atom stereocenters. The summed E-state index contributed by atoms with van der Waals surface area (Å²) in [5.41, 5.74) is 1.96. The Morgan fingerprint density at radius 3 is 2.71 bits per heavy atom. The number of nitrogens with zero attached hydrogens (tertiary/aromatic N) is 2. The normalized spacial score (nSPS) is 22.6. The van der Waals surface area contributed by atoms with Crippen molar-refractivity contribution in [2.24, 2.45) is 5.41 Å². The number of carbonyl (C=O) groups is 1. The summed E-state index contributed by atoms with van der Waals surface area (Å²) < 4.78 is 33.8. The number of H-pyrrole nitrogens is 1. The van der Waals surface area contributed by atoms with Crippen molar-refractivity contribution in [3.63, 3.8) is 0 Å². The highest BCUT2D eigenvalue weighted by molar-refractivity contribution is 5.97. The van der Waals surface area contributed by atoms with Crippen molar-refractivity contribution in [2.45, 2.75) is 38.0 Å². The zero-order chi connectivity index (χ0) is 24.2. The second kappa shape index (κ2) is 7.98. The quantitative estimate of drug-likeness (QED) is 0.331. The Bertz CT molecular complexity index is 1450. The van der Waals surface area contributed by atoms with Gasteiger partial charge in [-0.15, -0.1) is 0 Å². The number of methoxy groups -OCH3 is 1. The lowest BCUT2D eigenvalue weighted by molar-refractivity contribution is -0.209. The van der Waals surface area contributed by atoms with E-state index in [2.05, 4.69) is 25.6 Å². The molecule has 0 radical (unpaired) electrons. The van der Waals surface area contributed by atoms with Crippen LogP contribution in [0.15, 0.2) is 42.7 Å². The van der Waals surface area contributed by atoms with Crippen molar-refractivity contribution in [3.8, 4) is 5.75 Å². The first-order valence-electron chi connectivity index (χ1n) is 11.6. The molecule has 35 heavy (non-hydrogen) atoms. The van der Waals surface area contributed by atoms with Crippen LogP contribution >= 0.6 is 0 Å². The van der Waals surface area contributed by atoms with E-state index < -0.39 is 11.6 Å². The smallest absolute Gasteiger partial charge is 0.253 e. The first-order chi connectivity index (χ1) is 16.9. The lowest BCUT2D eigenvalue weighted by Crippen LogP contribution is -2.67. The van der Waals surface area contributed by atoms with Crippen molar-refractivity contribution < 1.29 is 18.3 Å². The minimum atomic E-state index is -0.937. The fraction of sp³-hybridized carbons (Fsp3) is 0.346. The minimum Gasteiger partial charge on any atom is -0.496 e. The van der Waals surface area contributed by atoms with Crippen LogP contribution in [0.5, 0.6) is 5.75 Å². The number of hydrogen-bond acceptors (Lipinski definition) is 5. The van der Waals surface area contributed by atoms with E-state index in [1.165, 1.54) is 13.3 Å². The van der Waals surface area contributed by atoms with Gasteiger partial charge >= 0.3 is 0 Å². The number of benzene rings is 1. The van der Waals surface area contributed by atoms with Crippen molar-refractivity contribution in [2.75, 3.05) is 13.7 Å². The summed E-state index contributed by atoms with van der Waals surface area (Å²) in [5, 5.41) is 7.78. The molecular weight excluding hydrogens is 452 g/mol. The van der Waals surface area contributed by atoms with Gasteiger partial charge in [-0.1, -0.05) is 0 Å². The van der Waals surface area contributed by atoms with Crippen LogP contribution in [-0.4, -0.2) is 40.2 Å². The van der Waals surface area contributed by atoms with Gasteiger partial charge in [0.05, 0.1) is 18.2 Å². The van der Waals surface area contributed by atoms with Gasteiger partial charge in [0.2, 0.25) is 5.95 Å². The lowest BCUT2D eigenvalue weighted by atomic mass is 9.42. The number of amides is 1. The first-order valence-corrected chi connectivity index (χ1v) is 11.6. The monoisotopic (exact) mass is 477 g/mol. The van der Waals surface area contributed by atoms with Gasteiger partial charge in [0.1, 0.15) is 17.1 Å². The van der Waals surface area contributed by atoms with E-state index in [0.29, 0.717) is 54.7 Å². The van der Waals surface area contributed by atoms with Gasteiger partial charge in [0.15, 0.2) is 0 Å². The summed E-state index contributed by atoms with van der Waals surface area (Å²) in [4.78, 5) is 24.1. The number of fused-ring (bicyclic) bond motifs is 2. The molecule has 2 bridgehead atoms. The molecule has 0 atom stereocenters. The molecule has 9 heteroatoms. The van der Waals surface area contributed by atoms with Crippen molar-refractivity contribution in [1.29, 1.82) is 0 Å². The highest BCUT2D eigenvalue weighted by Crippen LogP contribution is 2.69. The zero-order valence-corrected chi connectivity index (χ0v) is 19.3. The van der Waals surface area contributed by atoms with E-state index >= 15 is 0 Å². The number of ether oxygens (including phenoxy) is 1. The van der Waals surface area contributed by atoms with Crippen LogP contribution in [0.25, 0.3) is 21.9 Å². The van der Waals surface area contributed by atoms with Gasteiger partial charge in [-0.3, -0.25) is 4.79 Å². The highest BCUT2D eigenvalue weighted by Gasteiger charge is 2.68. The molecule has 7 rings (SSSR count). The van der Waals surface area contributed by atoms with E-state index in [1.807, 2.05) is 12.1 Å². The SMILES string of the molecule is COc1cc2nc(F)c(CNCC34CC(F)(C3)C4)cc2cc1CNC(=O)c1cnc2[nH]ccc2c1. The third-order valence-electron chi connectivity index (χ3n) is 7.24. The standard InChI is InChI=1S/C26H25F2N5O2/c1-35-21-7-20-16(6-18(22(27)33-20)8-29-14-25-11-26(28,12-25)13-25)5-17(21)9-32-24(34)19-4-15-2-3-30-23(15)31-10-19/h2-7,10,29H,8-9,11-14H2,1H3,(H,30,31)(H,32,34). The number of alkyl halides is 1. The molecule has 7 nitrogen and oxygen atoms in total. The molecule has 0 aliphatic heterocycles. The van der Waals surface area contributed by atoms with Gasteiger partial charge in [-0.2, -0.15) is 4.39 Å². The minimum absolute atomic E-state index is 0.0510. The molecule has 3 aliphatic carbocycles. The summed E-state index contributed by atoms with van der Waals surface area (Å²) in [7, 11) is 1.53. The second-order valence-electron chi connectivity index (χ2n) is 9.90. The zero-order valence-electron chi connectivity index (χ0n) is 19.3. The molecule has 3 N–H and O–H groups in total. The van der Waals surface area contributed by atoms with Crippen LogP contribution < -0.4 is 15.4 Å². The van der Waals surface area contributed by atoms with Crippen LogP contribution in [0.4, 0.5) is 8.78 Å². The number of aromatic amines is 1. The first kappa shape index (κ1) is 21.9. The van der Waals surface area contributed by atoms with Gasteiger partial charge < -0.3 is 20.4 Å². The maximum atomic E-state index is 14.7. The number of halogens is 2. The van der Waals surface area contributed by atoms with E-state index in [1.54, 1.807) is 24.4 Å². The third-order valence-corrected chi connectivity index (χ3v) is 7.24. The molecule has 3 fully saturated rings. The summed E-state index contributed by atoms with van der Waals surface area (Å²) in [6, 6.07) is 8.92. The number of nitrogens with one attached hydrogen (secondary N) is 3. The van der Waals surface area contributed by atoms with E-state index in [4.69, 9.17) is 4.74 Å². The van der Waals surface area contributed by atoms with Gasteiger partial charge in [-0.05, 0) is 48.9 Å². The van der Waals surface area contributed by atoms with E-state index in [-0.39, 0.29) is 17.9 Å². The summed E-state index contributed by atoms with van der Waals surface area (Å²) in [6.45, 7) is 1.23. The number of pyridine rings is 2. The van der Waals surface area contributed by atoms with Crippen LogP contribution in [0.1, 0.15) is 40.7 Å². The predicted octanol–water partition coefficient (Wildman–Crippen LogP) is 4.17. The molecule has 3 heterocycles. The Hall–Kier alpha value is -3.59. The Labute approximate surface area is 200 Å². The Kier molecular flexibility index (Phi) is 5.00. The Morgan fingerprint density at radius 2 is 1.94 bits per heavy atom. The third kappa shape index (κ3) is 3.89. The largest absolute Gasteiger partial charge is 0.496 e. The molecule has 180 valence electrons. The van der Waals surface area contributed by atoms with Crippen LogP contribution in [-0.2, 0) is 13.1 Å². The lowest BCUT2D eigenvalue weighted by Gasteiger charge is -2.66. The molecule has 3 aromatic heterocycles. The molecule has 0 spiro atoms. The van der Waals surface area contributed by atoms with E-state index in [0.717, 1.165) is 22.0 Å².